The van der Waals surface area contributed by atoms with Gasteiger partial charge >= 0.3 is 10.2 Å². The summed E-state index contributed by atoms with van der Waals surface area (Å²) in [5.41, 5.74) is 0.588. The van der Waals surface area contributed by atoms with Crippen LogP contribution in [0.4, 0.5) is 11.4 Å². The second kappa shape index (κ2) is 8.78. The number of hydrogen-bond acceptors (Lipinski definition) is 5. The van der Waals surface area contributed by atoms with Crippen LogP contribution in [0.2, 0.25) is 10.0 Å². The lowest BCUT2D eigenvalue weighted by atomic mass is 10.2. The fourth-order valence-corrected chi connectivity index (χ4v) is 4.80. The Bertz CT molecular complexity index is 990. The molecule has 1 aromatic carbocycles. The first-order chi connectivity index (χ1) is 13.6. The molecule has 1 aliphatic heterocycles. The molecule has 0 aliphatic carbocycles. The maximum absolute atomic E-state index is 13.0. The van der Waals surface area contributed by atoms with Crippen LogP contribution >= 0.6 is 23.2 Å². The summed E-state index contributed by atoms with van der Waals surface area (Å²) in [6, 6.07) is 3.36. The molecule has 0 amide bonds. The zero-order valence-corrected chi connectivity index (χ0v) is 18.2. The van der Waals surface area contributed by atoms with Gasteiger partial charge in [0.25, 0.3) is 0 Å². The summed E-state index contributed by atoms with van der Waals surface area (Å²) in [5.74, 6) is 0. The Labute approximate surface area is 179 Å². The van der Waals surface area contributed by atoms with Gasteiger partial charge in [0.2, 0.25) is 0 Å². The first-order valence-electron chi connectivity index (χ1n) is 8.86. The monoisotopic (exact) mass is 459 g/mol. The highest BCUT2D eigenvalue weighted by Crippen LogP contribution is 2.24. The van der Waals surface area contributed by atoms with Gasteiger partial charge in [-0.05, 0) is 44.6 Å². The lowest BCUT2D eigenvalue weighted by molar-refractivity contribution is -0.213. The van der Waals surface area contributed by atoms with Gasteiger partial charge in [-0.25, -0.2) is 4.31 Å². The number of halogens is 2. The Morgan fingerprint density at radius 2 is 2.03 bits per heavy atom. The first kappa shape index (κ1) is 21.7. The third-order valence-electron chi connectivity index (χ3n) is 4.62. The molecule has 0 spiro atoms. The van der Waals surface area contributed by atoms with Gasteiger partial charge in [0.05, 0.1) is 24.5 Å². The smallest absolute Gasteiger partial charge is 0.345 e. The van der Waals surface area contributed by atoms with Gasteiger partial charge in [0.1, 0.15) is 0 Å². The summed E-state index contributed by atoms with van der Waals surface area (Å²) in [7, 11) is -0.686. The van der Waals surface area contributed by atoms with Gasteiger partial charge in [0.15, 0.2) is 0 Å². The fraction of sp³-hybridized carbons (Fsp3) is 0.412. The van der Waals surface area contributed by atoms with Crippen LogP contribution in [0.1, 0.15) is 12.8 Å². The van der Waals surface area contributed by atoms with E-state index in [1.165, 1.54) is 29.1 Å². The number of rotatable bonds is 6. The van der Waals surface area contributed by atoms with Crippen molar-refractivity contribution >= 4 is 50.8 Å². The molecule has 1 aromatic heterocycles. The van der Waals surface area contributed by atoms with Gasteiger partial charge in [-0.1, -0.05) is 23.2 Å². The highest BCUT2D eigenvalue weighted by Gasteiger charge is 2.30. The summed E-state index contributed by atoms with van der Waals surface area (Å²) < 4.78 is 31.9. The van der Waals surface area contributed by atoms with Crippen LogP contribution in [0.25, 0.3) is 0 Å². The quantitative estimate of drug-likeness (QED) is 0.520. The Kier molecular flexibility index (Phi) is 6.57. The molecule has 1 fully saturated rings. The predicted molar refractivity (Wildman–Crippen MR) is 113 cm³/mol. The normalized spacial score (nSPS) is 18.2. The van der Waals surface area contributed by atoms with Crippen LogP contribution in [0.15, 0.2) is 35.0 Å². The van der Waals surface area contributed by atoms with Crippen molar-refractivity contribution < 1.29 is 13.5 Å². The van der Waals surface area contributed by atoms with Crippen LogP contribution in [0, 0.1) is 0 Å². The van der Waals surface area contributed by atoms with E-state index in [2.05, 4.69) is 19.7 Å². The van der Waals surface area contributed by atoms with Crippen molar-refractivity contribution in [3.05, 3.63) is 40.6 Å². The number of anilines is 2. The SMILES string of the molecule is CN1CCC[C@@H]1CN(c1cnn(C)c1)S(=O)(=O)/N=C(\[O-])Nc1cc(Cl)cc(Cl)c1. The Morgan fingerprint density at radius 1 is 1.34 bits per heavy atom. The number of amidine groups is 1. The van der Waals surface area contributed by atoms with E-state index >= 15 is 0 Å². The summed E-state index contributed by atoms with van der Waals surface area (Å²) in [5, 5.41) is 19.3. The molecule has 12 heteroatoms. The van der Waals surface area contributed by atoms with Crippen molar-refractivity contribution in [3.63, 3.8) is 0 Å². The van der Waals surface area contributed by atoms with Crippen molar-refractivity contribution in [1.29, 1.82) is 0 Å². The molecule has 2 heterocycles. The Hall–Kier alpha value is -2.01. The highest BCUT2D eigenvalue weighted by molar-refractivity contribution is 7.91. The molecule has 1 saturated heterocycles. The molecule has 0 radical (unpaired) electrons. The van der Waals surface area contributed by atoms with Crippen LogP contribution in [0.3, 0.4) is 0 Å². The summed E-state index contributed by atoms with van der Waals surface area (Å²) in [6.45, 7) is 1.06. The lowest BCUT2D eigenvalue weighted by Gasteiger charge is -2.28. The zero-order valence-electron chi connectivity index (χ0n) is 15.9. The topological polar surface area (TPSA) is 106 Å². The van der Waals surface area contributed by atoms with Crippen molar-refractivity contribution in [2.24, 2.45) is 11.4 Å². The van der Waals surface area contributed by atoms with Gasteiger partial charge in [-0.2, -0.15) is 13.5 Å². The van der Waals surface area contributed by atoms with E-state index in [9.17, 15) is 13.5 Å². The Balaban J connectivity index is 1.87. The van der Waals surface area contributed by atoms with E-state index in [-0.39, 0.29) is 18.3 Å². The maximum Gasteiger partial charge on any atom is 0.345 e. The number of nitrogens with zero attached hydrogens (tertiary/aromatic N) is 5. The zero-order chi connectivity index (χ0) is 21.2. The molecule has 158 valence electrons. The van der Waals surface area contributed by atoms with Gasteiger partial charge in [-0.15, -0.1) is 4.40 Å². The van der Waals surface area contributed by atoms with E-state index in [0.717, 1.165) is 23.7 Å². The number of hydrogen-bond donors (Lipinski definition) is 1. The average molecular weight is 460 g/mol. The molecule has 9 nitrogen and oxygen atoms in total. The molecule has 1 N–H and O–H groups in total. The van der Waals surface area contributed by atoms with Crippen LogP contribution in [0.5, 0.6) is 0 Å². The third kappa shape index (κ3) is 5.53. The van der Waals surface area contributed by atoms with Crippen molar-refractivity contribution in [2.45, 2.75) is 18.9 Å². The molecule has 0 unspecified atom stereocenters. The summed E-state index contributed by atoms with van der Waals surface area (Å²) >= 11 is 11.8. The minimum atomic E-state index is -4.31. The second-order valence-corrected chi connectivity index (χ2v) is 9.23. The van der Waals surface area contributed by atoms with Gasteiger partial charge in [-0.3, -0.25) is 4.68 Å². The molecular weight excluding hydrogens is 439 g/mol. The summed E-state index contributed by atoms with van der Waals surface area (Å²) in [6.07, 6.45) is 4.83. The standard InChI is InChI=1S/C17H22Cl2N6O3S/c1-23-5-3-4-15(23)11-25(16-9-20-24(2)10-16)29(27,28)22-17(26)21-14-7-12(18)6-13(19)8-14/h6-10,15H,3-5,11H2,1-2H3,(H2,21,22,26)/p-1/t15-/m1/s1. The minimum Gasteiger partial charge on any atom is -0.845 e. The largest absolute Gasteiger partial charge is 0.845 e. The second-order valence-electron chi connectivity index (χ2n) is 6.84. The number of nitrogens with one attached hydrogen (secondary N) is 1. The van der Waals surface area contributed by atoms with Gasteiger partial charge < -0.3 is 15.3 Å². The summed E-state index contributed by atoms with van der Waals surface area (Å²) in [4.78, 5) is 2.09. The maximum atomic E-state index is 13.0. The Morgan fingerprint density at radius 3 is 2.59 bits per heavy atom. The molecule has 2 aromatic rings. The molecular formula is C17H21Cl2N6O3S-. The average Bonchev–Trinajstić information content (AvgIpc) is 3.19. The van der Waals surface area contributed by atoms with Crippen molar-refractivity contribution in [2.75, 3.05) is 29.8 Å². The number of aryl methyl sites for hydroxylation is 1. The fourth-order valence-electron chi connectivity index (χ4n) is 3.20. The van der Waals surface area contributed by atoms with Gasteiger partial charge in [0, 0.05) is 35.0 Å². The molecule has 0 bridgehead atoms. The highest BCUT2D eigenvalue weighted by atomic mass is 35.5. The molecule has 0 saturated carbocycles. The van der Waals surface area contributed by atoms with Crippen LogP contribution in [-0.4, -0.2) is 55.3 Å². The van der Waals surface area contributed by atoms with E-state index in [4.69, 9.17) is 23.2 Å². The number of likely N-dealkylation sites (N-methyl/N-ethyl adjacent to an activating group) is 1. The lowest BCUT2D eigenvalue weighted by Crippen LogP contribution is -2.42. The molecule has 1 aliphatic rings. The van der Waals surface area contributed by atoms with Crippen molar-refractivity contribution in [1.82, 2.24) is 14.7 Å². The number of aromatic nitrogens is 2. The molecule has 1 atom stereocenters. The van der Waals surface area contributed by atoms with Crippen molar-refractivity contribution in [3.8, 4) is 0 Å². The molecule has 3 rings (SSSR count). The predicted octanol–water partition coefficient (Wildman–Crippen LogP) is 1.70. The minimum absolute atomic E-state index is 0.0231. The van der Waals surface area contributed by atoms with E-state index in [0.29, 0.717) is 15.7 Å². The first-order valence-corrected chi connectivity index (χ1v) is 11.0. The van der Waals surface area contributed by atoms with E-state index < -0.39 is 16.2 Å². The number of benzene rings is 1. The van der Waals surface area contributed by atoms with E-state index in [1.54, 1.807) is 13.2 Å². The molecule has 29 heavy (non-hydrogen) atoms. The third-order valence-corrected chi connectivity index (χ3v) is 6.37. The van der Waals surface area contributed by atoms with Crippen LogP contribution < -0.4 is 14.7 Å². The van der Waals surface area contributed by atoms with E-state index in [1.807, 2.05) is 7.05 Å². The van der Waals surface area contributed by atoms with Crippen LogP contribution in [-0.2, 0) is 17.3 Å². The number of likely N-dealkylation sites (tertiary alicyclic amines) is 1.